The van der Waals surface area contributed by atoms with E-state index in [1.165, 1.54) is 0 Å². The number of halogens is 2. The molecular weight excluding hydrogens is 375 g/mol. The van der Waals surface area contributed by atoms with Gasteiger partial charge in [-0.2, -0.15) is 4.98 Å². The molecule has 0 aliphatic rings. The van der Waals surface area contributed by atoms with Crippen molar-refractivity contribution < 1.29 is 4.52 Å². The first-order valence-corrected chi connectivity index (χ1v) is 8.40. The lowest BCUT2D eigenvalue weighted by Gasteiger charge is -2.04. The Kier molecular flexibility index (Phi) is 4.55. The Bertz CT molecular complexity index is 994. The molecule has 4 rings (SSSR count). The molecule has 0 saturated heterocycles. The van der Waals surface area contributed by atoms with Crippen molar-refractivity contribution in [2.24, 2.45) is 0 Å². The van der Waals surface area contributed by atoms with Gasteiger partial charge in [-0.05, 0) is 29.8 Å². The van der Waals surface area contributed by atoms with Crippen LogP contribution in [0.5, 0.6) is 0 Å². The lowest BCUT2D eigenvalue weighted by Crippen LogP contribution is -2.01. The van der Waals surface area contributed by atoms with Crippen molar-refractivity contribution in [3.8, 4) is 17.2 Å². The van der Waals surface area contributed by atoms with Gasteiger partial charge in [0.25, 0.3) is 0 Å². The molecule has 0 aliphatic heterocycles. The molecule has 4 aromatic rings. The first-order chi connectivity index (χ1) is 12.7. The van der Waals surface area contributed by atoms with E-state index in [2.05, 4.69) is 25.4 Å². The molecule has 9 heteroatoms. The molecule has 3 aromatic heterocycles. The van der Waals surface area contributed by atoms with Crippen molar-refractivity contribution in [3.63, 3.8) is 0 Å². The minimum Gasteiger partial charge on any atom is -0.334 e. The number of hydrogen-bond donors (Lipinski definition) is 1. The fraction of sp³-hybridized carbons (Fsp3) is 0.0588. The fourth-order valence-electron chi connectivity index (χ4n) is 2.34. The number of pyridine rings is 1. The number of nitrogens with zero attached hydrogens (tertiary/aromatic N) is 5. The van der Waals surface area contributed by atoms with Gasteiger partial charge in [0.2, 0.25) is 5.82 Å². The average molecular weight is 387 g/mol. The maximum Gasteiger partial charge on any atom is 0.322 e. The van der Waals surface area contributed by atoms with Crippen LogP contribution in [0.2, 0.25) is 10.0 Å². The van der Waals surface area contributed by atoms with E-state index in [4.69, 9.17) is 27.7 Å². The highest BCUT2D eigenvalue weighted by molar-refractivity contribution is 6.35. The van der Waals surface area contributed by atoms with Gasteiger partial charge in [-0.15, -0.1) is 0 Å². The second-order valence-electron chi connectivity index (χ2n) is 5.43. The first-order valence-electron chi connectivity index (χ1n) is 7.65. The van der Waals surface area contributed by atoms with E-state index in [0.717, 1.165) is 11.4 Å². The Labute approximate surface area is 158 Å². The van der Waals surface area contributed by atoms with Crippen LogP contribution in [0.1, 0.15) is 5.56 Å². The van der Waals surface area contributed by atoms with E-state index in [9.17, 15) is 0 Å². The average Bonchev–Trinajstić information content (AvgIpc) is 3.32. The summed E-state index contributed by atoms with van der Waals surface area (Å²) in [6.07, 6.45) is 7.01. The lowest BCUT2D eigenvalue weighted by molar-refractivity contribution is 0.432. The van der Waals surface area contributed by atoms with Gasteiger partial charge in [0, 0.05) is 40.7 Å². The predicted octanol–water partition coefficient (Wildman–Crippen LogP) is 4.24. The molecule has 0 atom stereocenters. The molecule has 0 radical (unpaired) electrons. The molecule has 0 amide bonds. The van der Waals surface area contributed by atoms with Crippen molar-refractivity contribution >= 4 is 29.2 Å². The van der Waals surface area contributed by atoms with Crippen LogP contribution in [0, 0.1) is 0 Å². The molecule has 0 fully saturated rings. The Morgan fingerprint density at radius 3 is 2.65 bits per heavy atom. The summed E-state index contributed by atoms with van der Waals surface area (Å²) >= 11 is 12.0. The monoisotopic (exact) mass is 386 g/mol. The lowest BCUT2D eigenvalue weighted by atomic mass is 10.2. The summed E-state index contributed by atoms with van der Waals surface area (Å²) in [6, 6.07) is 9.26. The van der Waals surface area contributed by atoms with Gasteiger partial charge in [-0.25, -0.2) is 9.97 Å². The molecule has 0 bridgehead atoms. The van der Waals surface area contributed by atoms with E-state index in [1.54, 1.807) is 36.9 Å². The number of rotatable bonds is 5. The number of benzene rings is 1. The molecule has 3 heterocycles. The van der Waals surface area contributed by atoms with Crippen LogP contribution in [0.15, 0.2) is 59.8 Å². The summed E-state index contributed by atoms with van der Waals surface area (Å²) < 4.78 is 7.04. The quantitative estimate of drug-likeness (QED) is 0.552. The minimum absolute atomic E-state index is 0.301. The van der Waals surface area contributed by atoms with Gasteiger partial charge in [-0.1, -0.05) is 34.4 Å². The van der Waals surface area contributed by atoms with Crippen LogP contribution in [-0.4, -0.2) is 24.7 Å². The van der Waals surface area contributed by atoms with Crippen LogP contribution >= 0.6 is 23.2 Å². The number of hydrogen-bond acceptors (Lipinski definition) is 6. The summed E-state index contributed by atoms with van der Waals surface area (Å²) in [5, 5.41) is 8.03. The Hall–Kier alpha value is -2.90. The highest BCUT2D eigenvalue weighted by Gasteiger charge is 2.10. The summed E-state index contributed by atoms with van der Waals surface area (Å²) in [5.74, 6) is 1.20. The molecule has 1 N–H and O–H groups in total. The largest absolute Gasteiger partial charge is 0.334 e. The zero-order valence-electron chi connectivity index (χ0n) is 13.3. The fourth-order valence-corrected chi connectivity index (χ4v) is 2.87. The van der Waals surface area contributed by atoms with Gasteiger partial charge in [0.15, 0.2) is 0 Å². The van der Waals surface area contributed by atoms with Gasteiger partial charge in [-0.3, -0.25) is 4.57 Å². The van der Waals surface area contributed by atoms with E-state index >= 15 is 0 Å². The van der Waals surface area contributed by atoms with E-state index < -0.39 is 0 Å². The van der Waals surface area contributed by atoms with Crippen LogP contribution in [0.4, 0.5) is 6.01 Å². The standard InChI is InChI=1S/C17H12Cl2N6O/c18-13-5-12(6-14(19)7-13)16-23-17(26-24-16)22-9-11-1-2-15(21-8-11)25-4-3-20-10-25/h1-8,10H,9H2,(H,22,23,24). The number of aromatic nitrogens is 5. The third-order valence-corrected chi connectivity index (χ3v) is 4.01. The molecule has 0 unspecified atom stereocenters. The highest BCUT2D eigenvalue weighted by Crippen LogP contribution is 2.26. The zero-order valence-corrected chi connectivity index (χ0v) is 14.8. The first kappa shape index (κ1) is 16.6. The maximum absolute atomic E-state index is 6.00. The molecule has 7 nitrogen and oxygen atoms in total. The smallest absolute Gasteiger partial charge is 0.322 e. The van der Waals surface area contributed by atoms with Crippen molar-refractivity contribution in [3.05, 3.63) is 70.9 Å². The van der Waals surface area contributed by atoms with Crippen molar-refractivity contribution in [2.75, 3.05) is 5.32 Å². The van der Waals surface area contributed by atoms with Gasteiger partial charge in [0.05, 0.1) is 0 Å². The highest BCUT2D eigenvalue weighted by atomic mass is 35.5. The second kappa shape index (κ2) is 7.15. The van der Waals surface area contributed by atoms with Gasteiger partial charge >= 0.3 is 6.01 Å². The minimum atomic E-state index is 0.301. The summed E-state index contributed by atoms with van der Waals surface area (Å²) in [4.78, 5) is 12.7. The maximum atomic E-state index is 6.00. The number of anilines is 1. The molecule has 0 saturated carbocycles. The van der Waals surface area contributed by atoms with Crippen molar-refractivity contribution in [1.82, 2.24) is 24.7 Å². The molecule has 0 spiro atoms. The van der Waals surface area contributed by atoms with Crippen LogP contribution in [-0.2, 0) is 6.54 Å². The normalized spacial score (nSPS) is 10.8. The summed E-state index contributed by atoms with van der Waals surface area (Å²) in [6.45, 7) is 0.495. The molecule has 130 valence electrons. The van der Waals surface area contributed by atoms with Gasteiger partial charge in [0.1, 0.15) is 12.1 Å². The van der Waals surface area contributed by atoms with E-state index in [1.807, 2.05) is 22.9 Å². The molecule has 0 aliphatic carbocycles. The topological polar surface area (TPSA) is 81.7 Å². The van der Waals surface area contributed by atoms with E-state index in [-0.39, 0.29) is 0 Å². The predicted molar refractivity (Wildman–Crippen MR) is 98.4 cm³/mol. The zero-order chi connectivity index (χ0) is 17.9. The van der Waals surface area contributed by atoms with Crippen molar-refractivity contribution in [2.45, 2.75) is 6.54 Å². The van der Waals surface area contributed by atoms with Crippen LogP contribution < -0.4 is 5.32 Å². The second-order valence-corrected chi connectivity index (χ2v) is 6.30. The van der Waals surface area contributed by atoms with Crippen molar-refractivity contribution in [1.29, 1.82) is 0 Å². The van der Waals surface area contributed by atoms with Crippen LogP contribution in [0.25, 0.3) is 17.2 Å². The third kappa shape index (κ3) is 3.68. The summed E-state index contributed by atoms with van der Waals surface area (Å²) in [7, 11) is 0. The third-order valence-electron chi connectivity index (χ3n) is 3.57. The van der Waals surface area contributed by atoms with E-state index in [0.29, 0.717) is 34.0 Å². The van der Waals surface area contributed by atoms with Crippen LogP contribution in [0.3, 0.4) is 0 Å². The summed E-state index contributed by atoms with van der Waals surface area (Å²) in [5.41, 5.74) is 1.66. The molecule has 1 aromatic carbocycles. The Balaban J connectivity index is 1.43. The Morgan fingerprint density at radius 2 is 1.96 bits per heavy atom. The molecule has 26 heavy (non-hydrogen) atoms. The number of nitrogens with one attached hydrogen (secondary N) is 1. The Morgan fingerprint density at radius 1 is 1.12 bits per heavy atom. The number of imidazole rings is 1. The van der Waals surface area contributed by atoms with Gasteiger partial charge < -0.3 is 9.84 Å². The SMILES string of the molecule is Clc1cc(Cl)cc(-c2noc(NCc3ccc(-n4ccnc4)nc3)n2)c1. The molecular formula is C17H12Cl2N6O.